The summed E-state index contributed by atoms with van der Waals surface area (Å²) in [5.41, 5.74) is 13.6. The van der Waals surface area contributed by atoms with Gasteiger partial charge in [0.25, 0.3) is 0 Å². The molecule has 122 valence electrons. The summed E-state index contributed by atoms with van der Waals surface area (Å²) in [5, 5.41) is 4.32. The molecular weight excluding hydrogens is 322 g/mol. The lowest BCUT2D eigenvalue weighted by Crippen LogP contribution is -2.00. The molecule has 0 aliphatic heterocycles. The van der Waals surface area contributed by atoms with Gasteiger partial charge in [-0.15, -0.1) is 0 Å². The molecule has 0 amide bonds. The number of hydrogen-bond acceptors (Lipinski definition) is 2. The number of halogens is 1. The molecule has 0 N–H and O–H groups in total. The molecule has 0 aliphatic rings. The number of aromatic nitrogens is 2. The number of rotatable bonds is 5. The zero-order valence-electron chi connectivity index (χ0n) is 13.7. The van der Waals surface area contributed by atoms with Crippen LogP contribution in [0.3, 0.4) is 0 Å². The summed E-state index contributed by atoms with van der Waals surface area (Å²) in [7, 11) is 0. The van der Waals surface area contributed by atoms with Gasteiger partial charge in [-0.05, 0) is 54.3 Å². The van der Waals surface area contributed by atoms with Gasteiger partial charge in [0.1, 0.15) is 5.82 Å². The van der Waals surface area contributed by atoms with E-state index in [1.54, 1.807) is 0 Å². The van der Waals surface area contributed by atoms with Crippen LogP contribution in [0.2, 0.25) is 5.02 Å². The number of hydrogen-bond donors (Lipinski definition) is 0. The van der Waals surface area contributed by atoms with Crippen LogP contribution in [0.15, 0.2) is 41.5 Å². The fraction of sp³-hybridized carbons (Fsp3) is 0.278. The van der Waals surface area contributed by atoms with Crippen molar-refractivity contribution in [3.63, 3.8) is 0 Å². The molecule has 0 unspecified atom stereocenters. The number of benzene rings is 2. The molecule has 2 aromatic carbocycles. The number of aryl methyl sites for hydroxylation is 2. The van der Waals surface area contributed by atoms with Gasteiger partial charge in [-0.1, -0.05) is 35.8 Å². The average molecular weight is 340 g/mol. The highest BCUT2D eigenvalue weighted by Crippen LogP contribution is 2.27. The molecule has 0 spiro atoms. The highest BCUT2D eigenvalue weighted by atomic mass is 35.5. The standard InChI is InChI=1S/C18H18ClN5/c1-3-18-22-16-11-15(19)12(2)10-17(16)24(18)14-6-4-13(5-7-14)8-9-21-23-20/h4-7,10-11H,3,8-9H2,1-2H3. The van der Waals surface area contributed by atoms with Crippen molar-refractivity contribution in [1.29, 1.82) is 0 Å². The van der Waals surface area contributed by atoms with Crippen molar-refractivity contribution in [1.82, 2.24) is 9.55 Å². The third-order valence-corrected chi connectivity index (χ3v) is 4.49. The first-order chi connectivity index (χ1) is 11.6. The van der Waals surface area contributed by atoms with Crippen molar-refractivity contribution < 1.29 is 0 Å². The van der Waals surface area contributed by atoms with Crippen LogP contribution in [-0.4, -0.2) is 16.1 Å². The van der Waals surface area contributed by atoms with Crippen molar-refractivity contribution in [3.05, 3.63) is 68.8 Å². The Morgan fingerprint density at radius 1 is 1.25 bits per heavy atom. The molecule has 1 aromatic heterocycles. The fourth-order valence-corrected chi connectivity index (χ4v) is 2.97. The van der Waals surface area contributed by atoms with E-state index in [2.05, 4.69) is 51.8 Å². The second-order valence-corrected chi connectivity index (χ2v) is 6.09. The summed E-state index contributed by atoms with van der Waals surface area (Å²) >= 11 is 6.24. The Morgan fingerprint density at radius 2 is 2.00 bits per heavy atom. The molecule has 0 saturated carbocycles. The van der Waals surface area contributed by atoms with Gasteiger partial charge in [-0.3, -0.25) is 4.57 Å². The van der Waals surface area contributed by atoms with Gasteiger partial charge in [0.05, 0.1) is 11.0 Å². The lowest BCUT2D eigenvalue weighted by Gasteiger charge is -2.10. The Hall–Kier alpha value is -2.49. The molecule has 1 heterocycles. The third kappa shape index (κ3) is 3.09. The predicted octanol–water partition coefficient (Wildman–Crippen LogP) is 5.40. The third-order valence-electron chi connectivity index (χ3n) is 4.08. The largest absolute Gasteiger partial charge is 0.296 e. The molecular formula is C18H18ClN5. The molecule has 0 fully saturated rings. The molecule has 3 rings (SSSR count). The number of nitrogens with zero attached hydrogens (tertiary/aromatic N) is 5. The van der Waals surface area contributed by atoms with Gasteiger partial charge >= 0.3 is 0 Å². The molecule has 3 aromatic rings. The van der Waals surface area contributed by atoms with Gasteiger partial charge < -0.3 is 0 Å². The van der Waals surface area contributed by atoms with Crippen molar-refractivity contribution in [2.24, 2.45) is 5.11 Å². The highest BCUT2D eigenvalue weighted by Gasteiger charge is 2.13. The van der Waals surface area contributed by atoms with Crippen molar-refractivity contribution in [2.75, 3.05) is 6.54 Å². The quantitative estimate of drug-likeness (QED) is 0.348. The summed E-state index contributed by atoms with van der Waals surface area (Å²) < 4.78 is 2.18. The van der Waals surface area contributed by atoms with E-state index >= 15 is 0 Å². The molecule has 0 atom stereocenters. The first-order valence-electron chi connectivity index (χ1n) is 7.91. The number of azide groups is 1. The van der Waals surface area contributed by atoms with Gasteiger partial charge in [0.2, 0.25) is 0 Å². The van der Waals surface area contributed by atoms with E-state index in [0.29, 0.717) is 6.54 Å². The maximum absolute atomic E-state index is 8.35. The minimum atomic E-state index is 0.474. The zero-order chi connectivity index (χ0) is 17.1. The topological polar surface area (TPSA) is 66.6 Å². The highest BCUT2D eigenvalue weighted by molar-refractivity contribution is 6.32. The van der Waals surface area contributed by atoms with E-state index < -0.39 is 0 Å². The maximum atomic E-state index is 8.35. The van der Waals surface area contributed by atoms with Gasteiger partial charge in [0.15, 0.2) is 0 Å². The Kier molecular flexibility index (Phi) is 4.74. The van der Waals surface area contributed by atoms with Crippen LogP contribution in [0.25, 0.3) is 27.2 Å². The van der Waals surface area contributed by atoms with E-state index in [9.17, 15) is 0 Å². The Balaban J connectivity index is 2.04. The summed E-state index contributed by atoms with van der Waals surface area (Å²) in [6.45, 7) is 4.58. The van der Waals surface area contributed by atoms with E-state index in [4.69, 9.17) is 22.1 Å². The normalized spacial score (nSPS) is 10.8. The van der Waals surface area contributed by atoms with Crippen LogP contribution >= 0.6 is 11.6 Å². The summed E-state index contributed by atoms with van der Waals surface area (Å²) in [6.07, 6.45) is 1.58. The van der Waals surface area contributed by atoms with Crippen molar-refractivity contribution >= 4 is 22.6 Å². The Labute approximate surface area is 145 Å². The lowest BCUT2D eigenvalue weighted by atomic mass is 10.1. The number of fused-ring (bicyclic) bond motifs is 1. The van der Waals surface area contributed by atoms with E-state index in [1.807, 2.05) is 13.0 Å². The van der Waals surface area contributed by atoms with Gasteiger partial charge in [-0.2, -0.15) is 0 Å². The van der Waals surface area contributed by atoms with Crippen molar-refractivity contribution in [2.45, 2.75) is 26.7 Å². The smallest absolute Gasteiger partial charge is 0.114 e. The first-order valence-corrected chi connectivity index (χ1v) is 8.29. The molecule has 0 radical (unpaired) electrons. The lowest BCUT2D eigenvalue weighted by molar-refractivity contribution is 0.904. The van der Waals surface area contributed by atoms with Crippen LogP contribution in [-0.2, 0) is 12.8 Å². The Morgan fingerprint density at radius 3 is 2.67 bits per heavy atom. The van der Waals surface area contributed by atoms with Crippen LogP contribution in [0.1, 0.15) is 23.9 Å². The SMILES string of the molecule is CCc1nc2cc(Cl)c(C)cc2n1-c1ccc(CCN=[N+]=[N-])cc1. The predicted molar refractivity (Wildman–Crippen MR) is 97.9 cm³/mol. The second-order valence-electron chi connectivity index (χ2n) is 5.68. The molecule has 0 saturated heterocycles. The van der Waals surface area contributed by atoms with Crippen molar-refractivity contribution in [3.8, 4) is 5.69 Å². The summed E-state index contributed by atoms with van der Waals surface area (Å²) in [4.78, 5) is 7.50. The molecule has 0 aliphatic carbocycles. The van der Waals surface area contributed by atoms with E-state index in [0.717, 1.165) is 51.5 Å². The average Bonchev–Trinajstić information content (AvgIpc) is 2.93. The number of imidazole rings is 1. The summed E-state index contributed by atoms with van der Waals surface area (Å²) in [6, 6.07) is 12.3. The van der Waals surface area contributed by atoms with Gasteiger partial charge in [-0.25, -0.2) is 4.98 Å². The maximum Gasteiger partial charge on any atom is 0.114 e. The molecule has 5 nitrogen and oxygen atoms in total. The van der Waals surface area contributed by atoms with Crippen LogP contribution in [0, 0.1) is 6.92 Å². The van der Waals surface area contributed by atoms with E-state index in [1.165, 1.54) is 0 Å². The van der Waals surface area contributed by atoms with Crippen LogP contribution < -0.4 is 0 Å². The van der Waals surface area contributed by atoms with Crippen LogP contribution in [0.5, 0.6) is 0 Å². The van der Waals surface area contributed by atoms with Gasteiger partial charge in [0, 0.05) is 28.6 Å². The Bertz CT molecular complexity index is 921. The fourth-order valence-electron chi connectivity index (χ4n) is 2.81. The molecule has 24 heavy (non-hydrogen) atoms. The first kappa shape index (κ1) is 16.4. The monoisotopic (exact) mass is 339 g/mol. The minimum absolute atomic E-state index is 0.474. The minimum Gasteiger partial charge on any atom is -0.296 e. The second kappa shape index (κ2) is 6.95. The molecule has 0 bridgehead atoms. The van der Waals surface area contributed by atoms with Crippen LogP contribution in [0.4, 0.5) is 0 Å². The zero-order valence-corrected chi connectivity index (χ0v) is 14.5. The summed E-state index contributed by atoms with van der Waals surface area (Å²) in [5.74, 6) is 1.01. The van der Waals surface area contributed by atoms with E-state index in [-0.39, 0.29) is 0 Å². The molecule has 6 heteroatoms.